The number of phenolic OH excluding ortho intramolecular Hbond substituents is 1. The third-order valence-corrected chi connectivity index (χ3v) is 12.0. The maximum Gasteiger partial charge on any atom is 0.238 e. The fraction of sp³-hybridized carbons (Fsp3) is 0.238. The van der Waals surface area contributed by atoms with E-state index in [9.17, 15) is 14.7 Å². The van der Waals surface area contributed by atoms with Gasteiger partial charge in [0, 0.05) is 21.0 Å². The molecule has 8 nitrogen and oxygen atoms in total. The number of carbonyl (C=O) groups is 4. The van der Waals surface area contributed by atoms with Gasteiger partial charge in [-0.05, 0) is 101 Å². The third-order valence-electron chi connectivity index (χ3n) is 11.3. The zero-order valence-electron chi connectivity index (χ0n) is 27.9. The molecule has 0 spiro atoms. The van der Waals surface area contributed by atoms with Crippen LogP contribution in [-0.2, 0) is 24.6 Å². The molecule has 4 aromatic carbocycles. The van der Waals surface area contributed by atoms with Crippen LogP contribution in [0, 0.1) is 27.2 Å². The minimum absolute atomic E-state index is 0.146. The zero-order chi connectivity index (χ0) is 35.6. The van der Waals surface area contributed by atoms with E-state index in [1.807, 2.05) is 78.9 Å². The van der Waals surface area contributed by atoms with Crippen molar-refractivity contribution in [1.29, 1.82) is 0 Å². The Bertz CT molecular complexity index is 2140. The average molecular weight is 792 g/mol. The molecule has 51 heavy (non-hydrogen) atoms. The Balaban J connectivity index is 1.39. The van der Waals surface area contributed by atoms with E-state index in [0.29, 0.717) is 34.4 Å². The fourth-order valence-electron chi connectivity index (χ4n) is 9.17. The molecule has 3 aliphatic carbocycles. The number of carbonyl (C=O) groups excluding carboxylic acids is 4. The lowest BCUT2D eigenvalue weighted by molar-refractivity contribution is -0.135. The maximum absolute atomic E-state index is 15.2. The predicted octanol–water partition coefficient (Wildman–Crippen LogP) is 7.04. The number of ketones is 2. The van der Waals surface area contributed by atoms with Crippen molar-refractivity contribution >= 4 is 57.2 Å². The van der Waals surface area contributed by atoms with Crippen molar-refractivity contribution in [2.75, 3.05) is 19.1 Å². The Kier molecular flexibility index (Phi) is 8.21. The molecule has 0 bridgehead atoms. The summed E-state index contributed by atoms with van der Waals surface area (Å²) in [6.45, 7) is 0. The molecule has 1 saturated carbocycles. The summed E-state index contributed by atoms with van der Waals surface area (Å²) in [5, 5.41) is 11.0. The first kappa shape index (κ1) is 33.1. The van der Waals surface area contributed by atoms with Crippen molar-refractivity contribution < 1.29 is 33.8 Å². The lowest BCUT2D eigenvalue weighted by Crippen LogP contribution is -2.58. The van der Waals surface area contributed by atoms with Gasteiger partial charge in [-0.15, -0.1) is 0 Å². The fourth-order valence-corrected chi connectivity index (χ4v) is 9.53. The highest BCUT2D eigenvalue weighted by molar-refractivity contribution is 14.1. The normalized spacial score (nSPS) is 26.9. The van der Waals surface area contributed by atoms with Crippen LogP contribution < -0.4 is 14.4 Å². The Hall–Kier alpha value is -5.03. The Labute approximate surface area is 308 Å². The van der Waals surface area contributed by atoms with Crippen LogP contribution in [0.3, 0.4) is 0 Å². The molecule has 1 saturated heterocycles. The number of benzene rings is 4. The average Bonchev–Trinajstić information content (AvgIpc) is 3.42. The molecule has 256 valence electrons. The number of hydrogen-bond donors (Lipinski definition) is 1. The maximum atomic E-state index is 15.2. The lowest BCUT2D eigenvalue weighted by atomic mass is 9.44. The number of aromatic hydroxyl groups is 1. The quantitative estimate of drug-likeness (QED) is 0.127. The van der Waals surface area contributed by atoms with Gasteiger partial charge in [-0.2, -0.15) is 0 Å². The number of halogens is 1. The van der Waals surface area contributed by atoms with Gasteiger partial charge in [-0.25, -0.2) is 0 Å². The van der Waals surface area contributed by atoms with E-state index in [1.165, 1.54) is 25.2 Å². The van der Waals surface area contributed by atoms with Gasteiger partial charge < -0.3 is 14.6 Å². The van der Waals surface area contributed by atoms with Gasteiger partial charge in [-0.3, -0.25) is 24.1 Å². The summed E-state index contributed by atoms with van der Waals surface area (Å²) in [5.74, 6) is -4.43. The van der Waals surface area contributed by atoms with Crippen molar-refractivity contribution in [3.8, 4) is 17.2 Å². The summed E-state index contributed by atoms with van der Waals surface area (Å²) in [5.41, 5.74) is 2.14. The second kappa shape index (κ2) is 12.6. The molecule has 1 heterocycles. The van der Waals surface area contributed by atoms with Gasteiger partial charge in [0.2, 0.25) is 17.6 Å². The summed E-state index contributed by atoms with van der Waals surface area (Å²) in [6, 6.07) is 29.2. The Morgan fingerprint density at radius 2 is 1.43 bits per heavy atom. The number of imide groups is 1. The van der Waals surface area contributed by atoms with Crippen LogP contribution in [0.5, 0.6) is 17.2 Å². The predicted molar refractivity (Wildman–Crippen MR) is 199 cm³/mol. The smallest absolute Gasteiger partial charge is 0.238 e. The number of nitrogens with zero attached hydrogens (tertiary/aromatic N) is 1. The summed E-state index contributed by atoms with van der Waals surface area (Å²) >= 11 is 2.19. The third kappa shape index (κ3) is 4.92. The molecule has 1 aliphatic heterocycles. The van der Waals surface area contributed by atoms with Crippen LogP contribution in [-0.4, -0.2) is 42.7 Å². The Morgan fingerprint density at radius 3 is 2.06 bits per heavy atom. The van der Waals surface area contributed by atoms with Crippen LogP contribution in [0.25, 0.3) is 5.57 Å². The minimum atomic E-state index is -1.42. The van der Waals surface area contributed by atoms with Gasteiger partial charge in [0.25, 0.3) is 0 Å². The number of allylic oxidation sites excluding steroid dienone is 4. The van der Waals surface area contributed by atoms with Gasteiger partial charge in [0.05, 0.1) is 37.2 Å². The van der Waals surface area contributed by atoms with Crippen molar-refractivity contribution in [2.45, 2.75) is 24.2 Å². The van der Waals surface area contributed by atoms with E-state index in [2.05, 4.69) is 22.6 Å². The number of rotatable bonds is 6. The number of hydrogen-bond acceptors (Lipinski definition) is 7. The second-order valence-electron chi connectivity index (χ2n) is 13.5. The number of Topliss-reactive ketones (excluding diaryl/α,β-unsaturated/α-hetero) is 1. The van der Waals surface area contributed by atoms with E-state index in [4.69, 9.17) is 9.47 Å². The summed E-state index contributed by atoms with van der Waals surface area (Å²) in [6.07, 6.45) is 3.99. The van der Waals surface area contributed by atoms with E-state index in [-0.39, 0.29) is 47.1 Å². The summed E-state index contributed by atoms with van der Waals surface area (Å²) in [7, 11) is 2.88. The topological polar surface area (TPSA) is 110 Å². The molecular formula is C42H34INO7. The van der Waals surface area contributed by atoms with Crippen LogP contribution >= 0.6 is 22.6 Å². The molecule has 8 rings (SSSR count). The van der Waals surface area contributed by atoms with Gasteiger partial charge in [0.15, 0.2) is 23.1 Å². The first-order valence-corrected chi connectivity index (χ1v) is 18.0. The van der Waals surface area contributed by atoms with E-state index < -0.39 is 35.0 Å². The van der Waals surface area contributed by atoms with E-state index in [0.717, 1.165) is 9.14 Å². The van der Waals surface area contributed by atoms with Crippen LogP contribution in [0.4, 0.5) is 5.69 Å². The molecule has 6 unspecified atom stereocenters. The molecule has 0 radical (unpaired) electrons. The number of anilines is 1. The zero-order valence-corrected chi connectivity index (χ0v) is 30.1. The monoisotopic (exact) mass is 791 g/mol. The molecule has 4 aromatic rings. The molecule has 9 heteroatoms. The van der Waals surface area contributed by atoms with Gasteiger partial charge in [-0.1, -0.05) is 72.3 Å². The molecule has 2 fully saturated rings. The van der Waals surface area contributed by atoms with Crippen LogP contribution in [0.15, 0.2) is 115 Å². The number of ether oxygens (including phenoxy) is 2. The number of fused-ring (bicyclic) bond motifs is 4. The SMILES string of the molecule is COc1cc(C2C3=CCC4C(=O)N(c5ccc(I)cc5)C(=O)C4C3CC3C(=O)C(c4ccccc4)=CC(=O)C32c2ccccc2)cc(OC)c1O. The Morgan fingerprint density at radius 1 is 0.804 bits per heavy atom. The second-order valence-corrected chi connectivity index (χ2v) is 14.8. The van der Waals surface area contributed by atoms with Crippen LogP contribution in [0.1, 0.15) is 35.4 Å². The molecule has 4 aliphatic rings. The molecular weight excluding hydrogens is 757 g/mol. The standard InChI is InChI=1S/C42H34INO7/c1-50-33-19-24(20-34(51-2)39(33)47)37-28-17-18-29-36(41(49)44(40(29)48)27-15-13-26(43)14-16-27)31(28)21-32-38(46)30(23-9-5-3-6-10-23)22-35(45)42(32,37)25-11-7-4-8-12-25/h3-17,19-20,22,29,31-32,36-37,47H,18,21H2,1-2H3. The number of phenols is 1. The first-order valence-electron chi connectivity index (χ1n) is 16.9. The van der Waals surface area contributed by atoms with E-state index >= 15 is 9.59 Å². The lowest BCUT2D eigenvalue weighted by Gasteiger charge is -2.55. The molecule has 6 atom stereocenters. The van der Waals surface area contributed by atoms with Gasteiger partial charge >= 0.3 is 0 Å². The van der Waals surface area contributed by atoms with Crippen molar-refractivity contribution in [1.82, 2.24) is 0 Å². The van der Waals surface area contributed by atoms with Crippen LogP contribution in [0.2, 0.25) is 0 Å². The van der Waals surface area contributed by atoms with E-state index in [1.54, 1.807) is 24.3 Å². The molecule has 2 amide bonds. The first-order chi connectivity index (χ1) is 24.7. The summed E-state index contributed by atoms with van der Waals surface area (Å²) < 4.78 is 12.2. The van der Waals surface area contributed by atoms with Gasteiger partial charge in [0.1, 0.15) is 0 Å². The highest BCUT2D eigenvalue weighted by Crippen LogP contribution is 2.64. The largest absolute Gasteiger partial charge is 0.502 e. The van der Waals surface area contributed by atoms with Crippen molar-refractivity contribution in [3.63, 3.8) is 0 Å². The number of amides is 2. The highest BCUT2D eigenvalue weighted by atomic mass is 127. The number of methoxy groups -OCH3 is 2. The summed E-state index contributed by atoms with van der Waals surface area (Å²) in [4.78, 5) is 60.3. The van der Waals surface area contributed by atoms with Crippen molar-refractivity contribution in [2.24, 2.45) is 23.7 Å². The minimum Gasteiger partial charge on any atom is -0.502 e. The molecule has 1 N–H and O–H groups in total. The molecule has 0 aromatic heterocycles. The highest BCUT2D eigenvalue weighted by Gasteiger charge is 2.66. The van der Waals surface area contributed by atoms with Crippen molar-refractivity contribution in [3.05, 3.63) is 135 Å².